The zero-order valence-corrected chi connectivity index (χ0v) is 13.0. The summed E-state index contributed by atoms with van der Waals surface area (Å²) in [7, 11) is 0. The lowest BCUT2D eigenvalue weighted by molar-refractivity contribution is 0.102. The van der Waals surface area contributed by atoms with Gasteiger partial charge in [0.15, 0.2) is 0 Å². The summed E-state index contributed by atoms with van der Waals surface area (Å²) in [6, 6.07) is 7.25. The molecular formula is C16H19NO3S. The quantitative estimate of drug-likeness (QED) is 0.859. The molecule has 0 fully saturated rings. The summed E-state index contributed by atoms with van der Waals surface area (Å²) in [6.45, 7) is 4.32. The minimum atomic E-state index is -0.127. The number of rotatable bonds is 6. The molecule has 0 aliphatic carbocycles. The molecule has 0 spiro atoms. The predicted octanol–water partition coefficient (Wildman–Crippen LogP) is 3.45. The molecule has 4 nitrogen and oxygen atoms in total. The first-order chi connectivity index (χ1) is 10.2. The number of amides is 1. The first-order valence-corrected chi connectivity index (χ1v) is 7.81. The molecule has 21 heavy (non-hydrogen) atoms. The fourth-order valence-electron chi connectivity index (χ4n) is 2.08. The van der Waals surface area contributed by atoms with Gasteiger partial charge in [-0.2, -0.15) is 0 Å². The summed E-state index contributed by atoms with van der Waals surface area (Å²) in [5.74, 6) is 0.526. The van der Waals surface area contributed by atoms with Gasteiger partial charge in [-0.1, -0.05) is 6.92 Å². The van der Waals surface area contributed by atoms with Crippen LogP contribution in [0, 0.1) is 0 Å². The van der Waals surface area contributed by atoms with Crippen molar-refractivity contribution >= 4 is 22.9 Å². The van der Waals surface area contributed by atoms with Crippen LogP contribution in [0.4, 0.5) is 5.69 Å². The van der Waals surface area contributed by atoms with Crippen LogP contribution >= 0.6 is 11.3 Å². The number of aliphatic hydroxyl groups excluding tert-OH is 1. The molecule has 1 heterocycles. The number of thiophene rings is 1. The van der Waals surface area contributed by atoms with E-state index in [9.17, 15) is 9.90 Å². The van der Waals surface area contributed by atoms with E-state index in [1.54, 1.807) is 18.2 Å². The Morgan fingerprint density at radius 2 is 2.10 bits per heavy atom. The van der Waals surface area contributed by atoms with Gasteiger partial charge in [-0.25, -0.2) is 0 Å². The monoisotopic (exact) mass is 305 g/mol. The largest absolute Gasteiger partial charge is 0.494 e. The van der Waals surface area contributed by atoms with Crippen molar-refractivity contribution in [3.63, 3.8) is 0 Å². The van der Waals surface area contributed by atoms with E-state index in [1.807, 2.05) is 25.3 Å². The van der Waals surface area contributed by atoms with Gasteiger partial charge >= 0.3 is 0 Å². The molecular weight excluding hydrogens is 286 g/mol. The SMILES string of the molecule is CCOc1ccc(NC(=O)c2sccc2CC)cc1CO. The van der Waals surface area contributed by atoms with Crippen molar-refractivity contribution in [1.29, 1.82) is 0 Å². The lowest BCUT2D eigenvalue weighted by Gasteiger charge is -2.11. The second-order valence-electron chi connectivity index (χ2n) is 4.50. The molecule has 0 aliphatic rings. The molecule has 1 amide bonds. The summed E-state index contributed by atoms with van der Waals surface area (Å²) in [5, 5.41) is 14.2. The average molecular weight is 305 g/mol. The van der Waals surface area contributed by atoms with Gasteiger partial charge in [-0.3, -0.25) is 4.79 Å². The highest BCUT2D eigenvalue weighted by molar-refractivity contribution is 7.12. The van der Waals surface area contributed by atoms with Crippen LogP contribution in [0.25, 0.3) is 0 Å². The number of aliphatic hydroxyl groups is 1. The van der Waals surface area contributed by atoms with E-state index < -0.39 is 0 Å². The van der Waals surface area contributed by atoms with Gasteiger partial charge in [0.05, 0.1) is 18.1 Å². The molecule has 2 aromatic rings. The minimum Gasteiger partial charge on any atom is -0.494 e. The van der Waals surface area contributed by atoms with E-state index in [4.69, 9.17) is 4.74 Å². The molecule has 1 aromatic heterocycles. The standard InChI is InChI=1S/C16H19NO3S/c1-3-11-7-8-21-15(11)16(19)17-13-5-6-14(20-4-2)12(9-13)10-18/h5-9,18H,3-4,10H2,1-2H3,(H,17,19). The third-order valence-electron chi connectivity index (χ3n) is 3.12. The molecule has 0 radical (unpaired) electrons. The van der Waals surface area contributed by atoms with Crippen LogP contribution < -0.4 is 10.1 Å². The maximum atomic E-state index is 12.3. The number of carbonyl (C=O) groups is 1. The van der Waals surface area contributed by atoms with E-state index >= 15 is 0 Å². The zero-order valence-electron chi connectivity index (χ0n) is 12.2. The van der Waals surface area contributed by atoms with E-state index in [0.29, 0.717) is 23.6 Å². The Bertz CT molecular complexity index is 622. The molecule has 0 unspecified atom stereocenters. The van der Waals surface area contributed by atoms with Crippen LogP contribution in [-0.4, -0.2) is 17.6 Å². The Labute approximate surface area is 128 Å². The van der Waals surface area contributed by atoms with Gasteiger partial charge in [-0.15, -0.1) is 11.3 Å². The third-order valence-corrected chi connectivity index (χ3v) is 4.08. The number of aryl methyl sites for hydroxylation is 1. The molecule has 112 valence electrons. The Balaban J connectivity index is 2.18. The summed E-state index contributed by atoms with van der Waals surface area (Å²) in [5.41, 5.74) is 2.37. The zero-order chi connectivity index (χ0) is 15.2. The van der Waals surface area contributed by atoms with Gasteiger partial charge in [0.25, 0.3) is 5.91 Å². The number of hydrogen-bond acceptors (Lipinski definition) is 4. The fourth-order valence-corrected chi connectivity index (χ4v) is 2.97. The summed E-state index contributed by atoms with van der Waals surface area (Å²) in [4.78, 5) is 13.0. The summed E-state index contributed by atoms with van der Waals surface area (Å²) in [6.07, 6.45) is 0.831. The normalized spacial score (nSPS) is 10.4. The van der Waals surface area contributed by atoms with Gasteiger partial charge in [-0.05, 0) is 48.6 Å². The second-order valence-corrected chi connectivity index (χ2v) is 5.41. The summed E-state index contributed by atoms with van der Waals surface area (Å²) >= 11 is 1.44. The van der Waals surface area contributed by atoms with Crippen LogP contribution in [0.5, 0.6) is 5.75 Å². The Morgan fingerprint density at radius 1 is 1.29 bits per heavy atom. The Hall–Kier alpha value is -1.85. The maximum absolute atomic E-state index is 12.3. The lowest BCUT2D eigenvalue weighted by atomic mass is 10.1. The van der Waals surface area contributed by atoms with Crippen LogP contribution in [0.2, 0.25) is 0 Å². The van der Waals surface area contributed by atoms with E-state index in [-0.39, 0.29) is 12.5 Å². The number of hydrogen-bond donors (Lipinski definition) is 2. The van der Waals surface area contributed by atoms with Gasteiger partial charge in [0, 0.05) is 11.3 Å². The highest BCUT2D eigenvalue weighted by Crippen LogP contribution is 2.24. The number of benzene rings is 1. The van der Waals surface area contributed by atoms with E-state index in [2.05, 4.69) is 5.32 Å². The van der Waals surface area contributed by atoms with E-state index in [0.717, 1.165) is 16.9 Å². The highest BCUT2D eigenvalue weighted by atomic mass is 32.1. The van der Waals surface area contributed by atoms with Crippen molar-refractivity contribution in [2.75, 3.05) is 11.9 Å². The smallest absolute Gasteiger partial charge is 0.266 e. The first kappa shape index (κ1) is 15.5. The molecule has 2 rings (SSSR count). The summed E-state index contributed by atoms with van der Waals surface area (Å²) < 4.78 is 5.43. The number of carbonyl (C=O) groups excluding carboxylic acids is 1. The van der Waals surface area contributed by atoms with Crippen molar-refractivity contribution in [1.82, 2.24) is 0 Å². The van der Waals surface area contributed by atoms with Gasteiger partial charge < -0.3 is 15.2 Å². The molecule has 5 heteroatoms. The number of ether oxygens (including phenoxy) is 1. The first-order valence-electron chi connectivity index (χ1n) is 6.93. The van der Waals surface area contributed by atoms with Gasteiger partial charge in [0.1, 0.15) is 5.75 Å². The average Bonchev–Trinajstić information content (AvgIpc) is 2.97. The molecule has 0 atom stereocenters. The van der Waals surface area contributed by atoms with Crippen molar-refractivity contribution in [2.45, 2.75) is 26.9 Å². The van der Waals surface area contributed by atoms with Crippen molar-refractivity contribution in [2.24, 2.45) is 0 Å². The third kappa shape index (κ3) is 3.62. The molecule has 1 aromatic carbocycles. The number of nitrogens with one attached hydrogen (secondary N) is 1. The van der Waals surface area contributed by atoms with Gasteiger partial charge in [0.2, 0.25) is 0 Å². The molecule has 2 N–H and O–H groups in total. The maximum Gasteiger partial charge on any atom is 0.266 e. The number of anilines is 1. The Morgan fingerprint density at radius 3 is 2.76 bits per heavy atom. The highest BCUT2D eigenvalue weighted by Gasteiger charge is 2.13. The van der Waals surface area contributed by atoms with E-state index in [1.165, 1.54) is 11.3 Å². The predicted molar refractivity (Wildman–Crippen MR) is 85.2 cm³/mol. The molecule has 0 aliphatic heterocycles. The molecule has 0 saturated heterocycles. The van der Waals surface area contributed by atoms with Crippen molar-refractivity contribution in [3.05, 3.63) is 45.6 Å². The Kier molecular flexibility index (Phi) is 5.36. The molecule has 0 saturated carbocycles. The minimum absolute atomic E-state index is 0.116. The fraction of sp³-hybridized carbons (Fsp3) is 0.312. The molecule has 0 bridgehead atoms. The van der Waals surface area contributed by atoms with Crippen LogP contribution in [0.3, 0.4) is 0 Å². The van der Waals surface area contributed by atoms with Crippen molar-refractivity contribution < 1.29 is 14.6 Å². The lowest BCUT2D eigenvalue weighted by Crippen LogP contribution is -2.12. The second kappa shape index (κ2) is 7.24. The van der Waals surface area contributed by atoms with Crippen molar-refractivity contribution in [3.8, 4) is 5.75 Å². The van der Waals surface area contributed by atoms with Crippen LogP contribution in [0.1, 0.15) is 34.6 Å². The topological polar surface area (TPSA) is 58.6 Å². The van der Waals surface area contributed by atoms with Crippen LogP contribution in [-0.2, 0) is 13.0 Å². The van der Waals surface area contributed by atoms with Crippen LogP contribution in [0.15, 0.2) is 29.6 Å².